The number of carbonyl (C=O) groups excluding carboxylic acids is 1. The van der Waals surface area contributed by atoms with Gasteiger partial charge in [0.05, 0.1) is 17.6 Å². The van der Waals surface area contributed by atoms with E-state index < -0.39 is 16.0 Å². The fourth-order valence-electron chi connectivity index (χ4n) is 1.39. The molecule has 6 nitrogen and oxygen atoms in total. The van der Waals surface area contributed by atoms with Crippen molar-refractivity contribution in [2.45, 2.75) is 17.9 Å². The van der Waals surface area contributed by atoms with E-state index in [9.17, 15) is 13.2 Å². The van der Waals surface area contributed by atoms with Gasteiger partial charge in [-0.05, 0) is 26.1 Å². The van der Waals surface area contributed by atoms with Gasteiger partial charge in [0.1, 0.15) is 0 Å². The third-order valence-electron chi connectivity index (χ3n) is 2.65. The van der Waals surface area contributed by atoms with Crippen LogP contribution in [0, 0.1) is 0 Å². The second kappa shape index (κ2) is 6.65. The molecule has 0 saturated heterocycles. The van der Waals surface area contributed by atoms with Crippen LogP contribution in [0.5, 0.6) is 0 Å². The predicted molar refractivity (Wildman–Crippen MR) is 71.5 cm³/mol. The number of ether oxygens (including phenoxy) is 1. The summed E-state index contributed by atoms with van der Waals surface area (Å²) < 4.78 is 31.3. The summed E-state index contributed by atoms with van der Waals surface area (Å²) in [4.78, 5) is 11.5. The van der Waals surface area contributed by atoms with Crippen molar-refractivity contribution < 1.29 is 17.9 Å². The molecule has 106 valence electrons. The molecule has 0 fully saturated rings. The molecule has 7 heteroatoms. The lowest BCUT2D eigenvalue weighted by Crippen LogP contribution is -2.37. The first-order valence-electron chi connectivity index (χ1n) is 5.76. The van der Waals surface area contributed by atoms with Gasteiger partial charge >= 0.3 is 5.97 Å². The van der Waals surface area contributed by atoms with Crippen LogP contribution in [0.3, 0.4) is 0 Å². The van der Waals surface area contributed by atoms with E-state index in [0.717, 1.165) is 0 Å². The summed E-state index contributed by atoms with van der Waals surface area (Å²) in [6.45, 7) is 2.07. The Balaban J connectivity index is 3.04. The second-order valence-corrected chi connectivity index (χ2v) is 5.76. The summed E-state index contributed by atoms with van der Waals surface area (Å²) in [5, 5.41) is 2.92. The fraction of sp³-hybridized carbons (Fsp3) is 0.417. The summed E-state index contributed by atoms with van der Waals surface area (Å²) in [7, 11) is -0.794. The zero-order chi connectivity index (χ0) is 14.5. The Morgan fingerprint density at radius 2 is 2.00 bits per heavy atom. The van der Waals surface area contributed by atoms with Gasteiger partial charge in [0, 0.05) is 12.6 Å². The molecule has 0 spiro atoms. The van der Waals surface area contributed by atoms with E-state index >= 15 is 0 Å². The molecule has 0 radical (unpaired) electrons. The molecule has 0 amide bonds. The molecule has 0 saturated carbocycles. The molecule has 1 atom stereocenters. The number of hydrogen-bond donors (Lipinski definition) is 2. The minimum Gasteiger partial charge on any atom is -0.465 e. The molecule has 0 aliphatic heterocycles. The molecule has 1 aromatic rings. The molecule has 0 heterocycles. The van der Waals surface area contributed by atoms with Crippen LogP contribution in [0.15, 0.2) is 29.2 Å². The standard InChI is InChI=1S/C12H18N2O4S/c1-9(13-2)8-14-19(16,17)11-7-5-4-6-10(11)12(15)18-3/h4-7,9,13-14H,8H2,1-3H3. The second-order valence-electron chi connectivity index (χ2n) is 4.03. The maximum absolute atomic E-state index is 12.1. The highest BCUT2D eigenvalue weighted by Gasteiger charge is 2.22. The van der Waals surface area contributed by atoms with Crippen LogP contribution >= 0.6 is 0 Å². The van der Waals surface area contributed by atoms with Gasteiger partial charge < -0.3 is 10.1 Å². The third kappa shape index (κ3) is 4.02. The van der Waals surface area contributed by atoms with E-state index in [0.29, 0.717) is 0 Å². The lowest BCUT2D eigenvalue weighted by molar-refractivity contribution is 0.0596. The van der Waals surface area contributed by atoms with Gasteiger partial charge in [-0.25, -0.2) is 17.9 Å². The highest BCUT2D eigenvalue weighted by molar-refractivity contribution is 7.89. The van der Waals surface area contributed by atoms with Crippen molar-refractivity contribution in [2.75, 3.05) is 20.7 Å². The first-order valence-corrected chi connectivity index (χ1v) is 7.25. The van der Waals surface area contributed by atoms with Gasteiger partial charge in [0.2, 0.25) is 10.0 Å². The molecule has 1 aromatic carbocycles. The number of rotatable bonds is 6. The van der Waals surface area contributed by atoms with Crippen molar-refractivity contribution in [1.29, 1.82) is 0 Å². The van der Waals surface area contributed by atoms with Crippen molar-refractivity contribution in [1.82, 2.24) is 10.0 Å². The van der Waals surface area contributed by atoms with Gasteiger partial charge in [0.15, 0.2) is 0 Å². The Kier molecular flexibility index (Phi) is 5.46. The average molecular weight is 286 g/mol. The van der Waals surface area contributed by atoms with E-state index in [4.69, 9.17) is 0 Å². The monoisotopic (exact) mass is 286 g/mol. The van der Waals surface area contributed by atoms with Crippen LogP contribution in [0.4, 0.5) is 0 Å². The minimum absolute atomic E-state index is 0.0138. The number of carbonyl (C=O) groups is 1. The smallest absolute Gasteiger partial charge is 0.339 e. The molecule has 0 aliphatic rings. The van der Waals surface area contributed by atoms with E-state index in [-0.39, 0.29) is 23.0 Å². The lowest BCUT2D eigenvalue weighted by Gasteiger charge is -2.13. The zero-order valence-corrected chi connectivity index (χ0v) is 12.0. The molecule has 2 N–H and O–H groups in total. The van der Waals surface area contributed by atoms with Crippen LogP contribution < -0.4 is 10.0 Å². The van der Waals surface area contributed by atoms with Gasteiger partial charge in [0.25, 0.3) is 0 Å². The summed E-state index contributed by atoms with van der Waals surface area (Å²) >= 11 is 0. The quantitative estimate of drug-likeness (QED) is 0.738. The normalized spacial score (nSPS) is 13.0. The lowest BCUT2D eigenvalue weighted by atomic mass is 10.2. The maximum Gasteiger partial charge on any atom is 0.339 e. The zero-order valence-electron chi connectivity index (χ0n) is 11.1. The molecule has 0 aromatic heterocycles. The maximum atomic E-state index is 12.1. The van der Waals surface area contributed by atoms with Gasteiger partial charge in [-0.15, -0.1) is 0 Å². The Morgan fingerprint density at radius 3 is 2.58 bits per heavy atom. The Labute approximate surface area is 113 Å². The minimum atomic E-state index is -3.74. The van der Waals surface area contributed by atoms with Crippen molar-refractivity contribution >= 4 is 16.0 Å². The number of likely N-dealkylation sites (N-methyl/N-ethyl adjacent to an activating group) is 1. The highest BCUT2D eigenvalue weighted by atomic mass is 32.2. The third-order valence-corrected chi connectivity index (χ3v) is 4.14. The van der Waals surface area contributed by atoms with E-state index in [1.165, 1.54) is 19.2 Å². The summed E-state index contributed by atoms with van der Waals surface area (Å²) in [5.74, 6) is -0.678. The molecule has 0 aliphatic carbocycles. The van der Waals surface area contributed by atoms with Crippen molar-refractivity contribution in [3.63, 3.8) is 0 Å². The van der Waals surface area contributed by atoms with Gasteiger partial charge in [-0.3, -0.25) is 0 Å². The number of esters is 1. The van der Waals surface area contributed by atoms with Crippen molar-refractivity contribution in [2.24, 2.45) is 0 Å². The van der Waals surface area contributed by atoms with Crippen LogP contribution in [0.2, 0.25) is 0 Å². The number of benzene rings is 1. The number of sulfonamides is 1. The molecular formula is C12H18N2O4S. The summed E-state index contributed by atoms with van der Waals surface area (Å²) in [6, 6.07) is 5.92. The Hall–Kier alpha value is -1.44. The van der Waals surface area contributed by atoms with Gasteiger partial charge in [-0.1, -0.05) is 12.1 Å². The summed E-state index contributed by atoms with van der Waals surface area (Å²) in [6.07, 6.45) is 0. The molecular weight excluding hydrogens is 268 g/mol. The number of hydrogen-bond acceptors (Lipinski definition) is 5. The molecule has 0 bridgehead atoms. The van der Waals surface area contributed by atoms with Crippen LogP contribution in [-0.2, 0) is 14.8 Å². The largest absolute Gasteiger partial charge is 0.465 e. The fourth-order valence-corrected chi connectivity index (χ4v) is 2.72. The van der Waals surface area contributed by atoms with E-state index in [1.54, 1.807) is 19.2 Å². The Morgan fingerprint density at radius 1 is 1.37 bits per heavy atom. The average Bonchev–Trinajstić information content (AvgIpc) is 2.43. The van der Waals surface area contributed by atoms with Crippen molar-refractivity contribution in [3.05, 3.63) is 29.8 Å². The summed E-state index contributed by atoms with van der Waals surface area (Å²) in [5.41, 5.74) is 0.0228. The number of methoxy groups -OCH3 is 1. The molecule has 1 unspecified atom stereocenters. The topological polar surface area (TPSA) is 84.5 Å². The highest BCUT2D eigenvalue weighted by Crippen LogP contribution is 2.16. The van der Waals surface area contributed by atoms with Crippen LogP contribution in [0.25, 0.3) is 0 Å². The van der Waals surface area contributed by atoms with Gasteiger partial charge in [-0.2, -0.15) is 0 Å². The SMILES string of the molecule is CNC(C)CNS(=O)(=O)c1ccccc1C(=O)OC. The van der Waals surface area contributed by atoms with Crippen LogP contribution in [0.1, 0.15) is 17.3 Å². The van der Waals surface area contributed by atoms with Crippen molar-refractivity contribution in [3.8, 4) is 0 Å². The molecule has 1 rings (SSSR count). The first-order chi connectivity index (χ1) is 8.92. The molecule has 19 heavy (non-hydrogen) atoms. The van der Waals surface area contributed by atoms with Crippen LogP contribution in [-0.4, -0.2) is 41.1 Å². The number of nitrogens with one attached hydrogen (secondary N) is 2. The van der Waals surface area contributed by atoms with E-state index in [2.05, 4.69) is 14.8 Å². The first kappa shape index (κ1) is 15.6. The van der Waals surface area contributed by atoms with E-state index in [1.807, 2.05) is 6.92 Å². The predicted octanol–water partition coefficient (Wildman–Crippen LogP) is 0.359. The Bertz CT molecular complexity index is 542.